The highest BCUT2D eigenvalue weighted by Gasteiger charge is 2.23. The lowest BCUT2D eigenvalue weighted by Gasteiger charge is -2.29. The monoisotopic (exact) mass is 740 g/mol. The molecule has 9 aromatic rings. The van der Waals surface area contributed by atoms with E-state index in [1.807, 2.05) is 0 Å². The SMILES string of the molecule is Cc1ccc(N(c2ccc(C(C)C)cc2)c2ccc3c4cccc5c(N(c6ccc(C(C)C)cc6)c6ccc(C(C)C)cc6)ccc(c6cccc2c63)c54)cc1C. The summed E-state index contributed by atoms with van der Waals surface area (Å²) >= 11 is 0. The van der Waals surface area contributed by atoms with Crippen LogP contribution in [0.25, 0.3) is 43.1 Å². The molecule has 0 heterocycles. The minimum absolute atomic E-state index is 0.472. The van der Waals surface area contributed by atoms with Gasteiger partial charge in [-0.15, -0.1) is 0 Å². The van der Waals surface area contributed by atoms with E-state index in [1.54, 1.807) is 0 Å². The molecule has 282 valence electrons. The first-order valence-corrected chi connectivity index (χ1v) is 20.7. The maximum Gasteiger partial charge on any atom is 0.0540 e. The summed E-state index contributed by atoms with van der Waals surface area (Å²) in [5.74, 6) is 1.42. The molecular weight excluding hydrogens is 689 g/mol. The van der Waals surface area contributed by atoms with Gasteiger partial charge in [-0.25, -0.2) is 0 Å². The van der Waals surface area contributed by atoms with Gasteiger partial charge in [0.15, 0.2) is 0 Å². The van der Waals surface area contributed by atoms with Crippen molar-refractivity contribution in [1.29, 1.82) is 0 Å². The molecule has 0 N–H and O–H groups in total. The topological polar surface area (TPSA) is 6.48 Å². The fourth-order valence-corrected chi connectivity index (χ4v) is 8.81. The summed E-state index contributed by atoms with van der Waals surface area (Å²) in [4.78, 5) is 4.90. The molecule has 0 saturated heterocycles. The first-order valence-electron chi connectivity index (χ1n) is 20.7. The van der Waals surface area contributed by atoms with Crippen molar-refractivity contribution in [2.75, 3.05) is 9.80 Å². The molecule has 0 spiro atoms. The molecule has 0 aliphatic carbocycles. The predicted molar refractivity (Wildman–Crippen MR) is 249 cm³/mol. The molecule has 0 amide bonds. The smallest absolute Gasteiger partial charge is 0.0540 e. The van der Waals surface area contributed by atoms with E-state index >= 15 is 0 Å². The third-order valence-electron chi connectivity index (χ3n) is 12.3. The van der Waals surface area contributed by atoms with Gasteiger partial charge >= 0.3 is 0 Å². The van der Waals surface area contributed by atoms with Crippen molar-refractivity contribution < 1.29 is 0 Å². The van der Waals surface area contributed by atoms with Gasteiger partial charge < -0.3 is 9.80 Å². The van der Waals surface area contributed by atoms with E-state index in [1.165, 1.54) is 88.0 Å². The number of nitrogens with zero attached hydrogens (tertiary/aromatic N) is 2. The Hall–Kier alpha value is -6.12. The molecule has 0 unspecified atom stereocenters. The van der Waals surface area contributed by atoms with Crippen LogP contribution in [0.2, 0.25) is 0 Å². The van der Waals surface area contributed by atoms with Crippen LogP contribution in [0.15, 0.2) is 152 Å². The molecule has 57 heavy (non-hydrogen) atoms. The van der Waals surface area contributed by atoms with E-state index in [-0.39, 0.29) is 0 Å². The zero-order valence-electron chi connectivity index (χ0n) is 34.6. The molecule has 2 heteroatoms. The number of anilines is 6. The molecule has 9 aromatic carbocycles. The summed E-state index contributed by atoms with van der Waals surface area (Å²) in [5, 5.41) is 10.2. The molecular formula is C55H52N2. The van der Waals surface area contributed by atoms with Gasteiger partial charge in [0, 0.05) is 33.5 Å². The lowest BCUT2D eigenvalue weighted by molar-refractivity contribution is 0.866. The fraction of sp³-hybridized carbons (Fsp3) is 0.200. The van der Waals surface area contributed by atoms with E-state index in [9.17, 15) is 0 Å². The molecule has 0 bridgehead atoms. The van der Waals surface area contributed by atoms with Crippen LogP contribution in [-0.4, -0.2) is 0 Å². The highest BCUT2D eigenvalue weighted by atomic mass is 15.1. The molecule has 0 aliphatic heterocycles. The second-order valence-electron chi connectivity index (χ2n) is 16.9. The van der Waals surface area contributed by atoms with Crippen molar-refractivity contribution in [3.05, 3.63) is 179 Å². The Morgan fingerprint density at radius 2 is 0.649 bits per heavy atom. The Labute approximate surface area is 338 Å². The summed E-state index contributed by atoms with van der Waals surface area (Å²) in [5.41, 5.74) is 13.6. The van der Waals surface area contributed by atoms with Crippen molar-refractivity contribution in [3.63, 3.8) is 0 Å². The normalized spacial score (nSPS) is 12.0. The molecule has 0 aromatic heterocycles. The Balaban J connectivity index is 1.28. The van der Waals surface area contributed by atoms with Crippen LogP contribution in [0.5, 0.6) is 0 Å². The van der Waals surface area contributed by atoms with Crippen molar-refractivity contribution in [2.45, 2.75) is 73.1 Å². The maximum atomic E-state index is 2.45. The van der Waals surface area contributed by atoms with Gasteiger partial charge in [0.05, 0.1) is 11.4 Å². The lowest BCUT2D eigenvalue weighted by atomic mass is 9.88. The van der Waals surface area contributed by atoms with Crippen LogP contribution in [-0.2, 0) is 0 Å². The number of hydrogen-bond acceptors (Lipinski definition) is 2. The van der Waals surface area contributed by atoms with Crippen molar-refractivity contribution in [3.8, 4) is 0 Å². The van der Waals surface area contributed by atoms with Crippen LogP contribution in [0.4, 0.5) is 34.1 Å². The van der Waals surface area contributed by atoms with Crippen molar-refractivity contribution in [2.24, 2.45) is 0 Å². The minimum Gasteiger partial charge on any atom is -0.310 e. The van der Waals surface area contributed by atoms with Gasteiger partial charge in [0.25, 0.3) is 0 Å². The van der Waals surface area contributed by atoms with Gasteiger partial charge in [0.2, 0.25) is 0 Å². The first-order chi connectivity index (χ1) is 27.6. The molecule has 0 aliphatic rings. The van der Waals surface area contributed by atoms with Gasteiger partial charge in [-0.3, -0.25) is 0 Å². The van der Waals surface area contributed by atoms with E-state index < -0.39 is 0 Å². The Morgan fingerprint density at radius 1 is 0.316 bits per heavy atom. The summed E-state index contributed by atoms with van der Waals surface area (Å²) < 4.78 is 0. The number of hydrogen-bond donors (Lipinski definition) is 0. The van der Waals surface area contributed by atoms with E-state index in [4.69, 9.17) is 0 Å². The largest absolute Gasteiger partial charge is 0.310 e. The van der Waals surface area contributed by atoms with Gasteiger partial charge in [-0.1, -0.05) is 133 Å². The Bertz CT molecular complexity index is 2810. The second kappa shape index (κ2) is 14.4. The third-order valence-corrected chi connectivity index (χ3v) is 12.3. The summed E-state index contributed by atoms with van der Waals surface area (Å²) in [7, 11) is 0. The highest BCUT2D eigenvalue weighted by Crippen LogP contribution is 2.49. The maximum absolute atomic E-state index is 2.45. The zero-order chi connectivity index (χ0) is 39.5. The van der Waals surface area contributed by atoms with Crippen LogP contribution >= 0.6 is 0 Å². The van der Waals surface area contributed by atoms with E-state index in [0.29, 0.717) is 17.8 Å². The Kier molecular flexibility index (Phi) is 9.24. The fourth-order valence-electron chi connectivity index (χ4n) is 8.81. The van der Waals surface area contributed by atoms with Crippen molar-refractivity contribution in [1.82, 2.24) is 0 Å². The molecule has 0 saturated carbocycles. The van der Waals surface area contributed by atoms with E-state index in [2.05, 4.69) is 217 Å². The van der Waals surface area contributed by atoms with Crippen LogP contribution in [0.3, 0.4) is 0 Å². The standard InChI is InChI=1S/C55H52N2/c1-34(2)39-16-23-42(24-17-39)56(43-25-18-40(19-26-43)35(3)4)52-31-29-48-47-12-10-14-51-53(32-30-49(55(47)51)46-11-9-13-50(52)54(46)48)57(45-22-15-37(7)38(8)33-45)44-27-20-41(21-28-44)36(5)6/h9-36H,1-8H3. The number of aryl methyl sites for hydroxylation is 2. The van der Waals surface area contributed by atoms with Crippen LogP contribution in [0.1, 0.15) is 87.1 Å². The highest BCUT2D eigenvalue weighted by molar-refractivity contribution is 6.35. The Morgan fingerprint density at radius 3 is 1.02 bits per heavy atom. The zero-order valence-corrected chi connectivity index (χ0v) is 34.6. The average molecular weight is 741 g/mol. The molecule has 0 atom stereocenters. The minimum atomic E-state index is 0.472. The van der Waals surface area contributed by atoms with Crippen LogP contribution in [0, 0.1) is 13.8 Å². The number of fused-ring (bicyclic) bond motifs is 2. The van der Waals surface area contributed by atoms with E-state index in [0.717, 1.165) is 17.1 Å². The second-order valence-corrected chi connectivity index (χ2v) is 16.9. The molecule has 9 rings (SSSR count). The first kappa shape index (κ1) is 36.5. The molecule has 0 radical (unpaired) electrons. The molecule has 2 nitrogen and oxygen atoms in total. The van der Waals surface area contributed by atoms with Gasteiger partial charge in [-0.2, -0.15) is 0 Å². The summed E-state index contributed by atoms with van der Waals surface area (Å²) in [6.45, 7) is 18.0. The average Bonchev–Trinajstić information content (AvgIpc) is 3.22. The summed E-state index contributed by atoms with van der Waals surface area (Å²) in [6, 6.07) is 57.5. The number of rotatable bonds is 9. The molecule has 0 fully saturated rings. The predicted octanol–water partition coefficient (Wildman–Crippen LogP) is 16.7. The van der Waals surface area contributed by atoms with Gasteiger partial charge in [0.1, 0.15) is 0 Å². The third kappa shape index (κ3) is 6.29. The number of benzene rings is 9. The van der Waals surface area contributed by atoms with Crippen LogP contribution < -0.4 is 9.80 Å². The summed E-state index contributed by atoms with van der Waals surface area (Å²) in [6.07, 6.45) is 0. The van der Waals surface area contributed by atoms with Gasteiger partial charge in [-0.05, 0) is 152 Å². The quantitative estimate of drug-likeness (QED) is 0.107. The lowest BCUT2D eigenvalue weighted by Crippen LogP contribution is -2.11. The van der Waals surface area contributed by atoms with Crippen molar-refractivity contribution >= 4 is 77.2 Å².